The summed E-state index contributed by atoms with van der Waals surface area (Å²) in [5.41, 5.74) is -0.201. The second-order valence-electron chi connectivity index (χ2n) is 5.17. The molecule has 0 bridgehead atoms. The van der Waals surface area contributed by atoms with Crippen LogP contribution in [-0.2, 0) is 17.5 Å². The Kier molecular flexibility index (Phi) is 4.94. The number of esters is 1. The lowest BCUT2D eigenvalue weighted by Crippen LogP contribution is -2.08. The molecule has 0 aliphatic heterocycles. The lowest BCUT2D eigenvalue weighted by atomic mass is 10.1. The molecule has 0 N–H and O–H groups in total. The number of ether oxygens (including phenoxy) is 1. The van der Waals surface area contributed by atoms with Crippen LogP contribution in [0.5, 0.6) is 0 Å². The summed E-state index contributed by atoms with van der Waals surface area (Å²) < 4.78 is 47.5. The van der Waals surface area contributed by atoms with Crippen LogP contribution in [0.3, 0.4) is 0 Å². The van der Waals surface area contributed by atoms with E-state index in [9.17, 15) is 18.0 Å². The minimum Gasteiger partial charge on any atom is -0.452 e. The molecule has 0 amide bonds. The summed E-state index contributed by atoms with van der Waals surface area (Å²) in [6.07, 6.45) is -4.47. The molecule has 0 aliphatic rings. The molecule has 3 aromatic rings. The highest BCUT2D eigenvalue weighted by Gasteiger charge is 2.30. The molecular weight excluding hydrogens is 373 g/mol. The van der Waals surface area contributed by atoms with Gasteiger partial charge in [0.25, 0.3) is 5.89 Å². The molecule has 0 radical (unpaired) electrons. The molecule has 0 fully saturated rings. The zero-order chi connectivity index (χ0) is 18.7. The fraction of sp³-hybridized carbons (Fsp3) is 0.118. The first-order valence-electron chi connectivity index (χ1n) is 7.26. The van der Waals surface area contributed by atoms with Crippen molar-refractivity contribution in [1.82, 2.24) is 10.1 Å². The molecule has 26 heavy (non-hydrogen) atoms. The SMILES string of the molecule is O=C(OCc1nc(-c2ccc(Cl)cc2)no1)c1ccc(C(F)(F)F)cc1. The highest BCUT2D eigenvalue weighted by molar-refractivity contribution is 6.30. The molecule has 2 aromatic carbocycles. The van der Waals surface area contributed by atoms with E-state index in [1.165, 1.54) is 0 Å². The van der Waals surface area contributed by atoms with E-state index in [0.29, 0.717) is 16.4 Å². The molecule has 0 saturated heterocycles. The third kappa shape index (κ3) is 4.20. The maximum atomic E-state index is 12.5. The van der Waals surface area contributed by atoms with E-state index in [-0.39, 0.29) is 18.1 Å². The van der Waals surface area contributed by atoms with Crippen LogP contribution < -0.4 is 0 Å². The number of rotatable bonds is 4. The number of carbonyl (C=O) groups excluding carboxylic acids is 1. The lowest BCUT2D eigenvalue weighted by Gasteiger charge is -2.07. The zero-order valence-corrected chi connectivity index (χ0v) is 13.7. The normalized spacial score (nSPS) is 11.4. The number of hydrogen-bond acceptors (Lipinski definition) is 5. The Morgan fingerprint density at radius 1 is 1.08 bits per heavy atom. The molecule has 0 unspecified atom stereocenters. The summed E-state index contributed by atoms with van der Waals surface area (Å²) in [5, 5.41) is 4.32. The van der Waals surface area contributed by atoms with Crippen LogP contribution in [0.4, 0.5) is 13.2 Å². The van der Waals surface area contributed by atoms with Gasteiger partial charge in [0.1, 0.15) is 0 Å². The van der Waals surface area contributed by atoms with Crippen molar-refractivity contribution < 1.29 is 27.2 Å². The summed E-state index contributed by atoms with van der Waals surface area (Å²) in [7, 11) is 0. The van der Waals surface area contributed by atoms with E-state index in [0.717, 1.165) is 24.3 Å². The average Bonchev–Trinajstić information content (AvgIpc) is 3.08. The first-order valence-corrected chi connectivity index (χ1v) is 7.63. The Balaban J connectivity index is 1.62. The van der Waals surface area contributed by atoms with E-state index in [4.69, 9.17) is 20.9 Å². The number of carbonyl (C=O) groups is 1. The summed E-state index contributed by atoms with van der Waals surface area (Å²) >= 11 is 5.80. The van der Waals surface area contributed by atoms with Gasteiger partial charge in [-0.3, -0.25) is 0 Å². The smallest absolute Gasteiger partial charge is 0.416 e. The maximum absolute atomic E-state index is 12.5. The number of nitrogens with zero attached hydrogens (tertiary/aromatic N) is 2. The molecule has 0 atom stereocenters. The van der Waals surface area contributed by atoms with Crippen molar-refractivity contribution in [3.8, 4) is 11.4 Å². The van der Waals surface area contributed by atoms with Crippen LogP contribution in [0.1, 0.15) is 21.8 Å². The van der Waals surface area contributed by atoms with Gasteiger partial charge in [0.15, 0.2) is 6.61 Å². The van der Waals surface area contributed by atoms with E-state index in [2.05, 4.69) is 10.1 Å². The fourth-order valence-corrected chi connectivity index (χ4v) is 2.16. The van der Waals surface area contributed by atoms with Gasteiger partial charge in [0.05, 0.1) is 11.1 Å². The van der Waals surface area contributed by atoms with Crippen LogP contribution >= 0.6 is 11.6 Å². The highest BCUT2D eigenvalue weighted by Crippen LogP contribution is 2.29. The van der Waals surface area contributed by atoms with Gasteiger partial charge in [0.2, 0.25) is 5.82 Å². The molecule has 9 heteroatoms. The third-order valence-electron chi connectivity index (χ3n) is 3.35. The van der Waals surface area contributed by atoms with E-state index in [1.807, 2.05) is 0 Å². The van der Waals surface area contributed by atoms with Gasteiger partial charge < -0.3 is 9.26 Å². The number of hydrogen-bond donors (Lipinski definition) is 0. The van der Waals surface area contributed by atoms with E-state index >= 15 is 0 Å². The van der Waals surface area contributed by atoms with E-state index < -0.39 is 17.7 Å². The van der Waals surface area contributed by atoms with Gasteiger partial charge in [-0.15, -0.1) is 0 Å². The number of halogens is 4. The Bertz CT molecular complexity index is 906. The quantitative estimate of drug-likeness (QED) is 0.608. The minimum absolute atomic E-state index is 0.0181. The second kappa shape index (κ2) is 7.17. The van der Waals surface area contributed by atoms with Gasteiger partial charge in [-0.2, -0.15) is 18.2 Å². The largest absolute Gasteiger partial charge is 0.452 e. The van der Waals surface area contributed by atoms with Gasteiger partial charge in [-0.25, -0.2) is 4.79 Å². The van der Waals surface area contributed by atoms with Crippen LogP contribution in [-0.4, -0.2) is 16.1 Å². The van der Waals surface area contributed by atoms with Crippen molar-refractivity contribution in [3.63, 3.8) is 0 Å². The van der Waals surface area contributed by atoms with Crippen LogP contribution in [0.25, 0.3) is 11.4 Å². The molecule has 0 spiro atoms. The van der Waals surface area contributed by atoms with Crippen molar-refractivity contribution >= 4 is 17.6 Å². The Morgan fingerprint density at radius 2 is 1.73 bits per heavy atom. The molecule has 5 nitrogen and oxygen atoms in total. The van der Waals surface area contributed by atoms with Gasteiger partial charge in [0, 0.05) is 10.6 Å². The topological polar surface area (TPSA) is 65.2 Å². The summed E-state index contributed by atoms with van der Waals surface area (Å²) in [6.45, 7) is -0.305. The molecule has 3 rings (SSSR count). The third-order valence-corrected chi connectivity index (χ3v) is 3.60. The predicted molar refractivity (Wildman–Crippen MR) is 85.3 cm³/mol. The van der Waals surface area contributed by atoms with Gasteiger partial charge in [-0.05, 0) is 48.5 Å². The zero-order valence-electron chi connectivity index (χ0n) is 13.0. The number of aromatic nitrogens is 2. The van der Waals surface area contributed by atoms with Gasteiger partial charge >= 0.3 is 12.1 Å². The Morgan fingerprint density at radius 3 is 2.35 bits per heavy atom. The second-order valence-corrected chi connectivity index (χ2v) is 5.61. The van der Waals surface area contributed by atoms with Crippen molar-refractivity contribution in [2.75, 3.05) is 0 Å². The first-order chi connectivity index (χ1) is 12.3. The van der Waals surface area contributed by atoms with Crippen LogP contribution in [0.15, 0.2) is 53.1 Å². The van der Waals surface area contributed by atoms with Crippen LogP contribution in [0, 0.1) is 0 Å². The molecule has 0 aliphatic carbocycles. The first kappa shape index (κ1) is 17.9. The molecular formula is C17H10ClF3N2O3. The number of benzene rings is 2. The predicted octanol–water partition coefficient (Wildman–Crippen LogP) is 4.77. The fourth-order valence-electron chi connectivity index (χ4n) is 2.04. The average molecular weight is 383 g/mol. The summed E-state index contributed by atoms with van der Waals surface area (Å²) in [6, 6.07) is 10.4. The highest BCUT2D eigenvalue weighted by atomic mass is 35.5. The monoisotopic (exact) mass is 382 g/mol. The van der Waals surface area contributed by atoms with E-state index in [1.54, 1.807) is 24.3 Å². The maximum Gasteiger partial charge on any atom is 0.416 e. The van der Waals surface area contributed by atoms with Gasteiger partial charge in [-0.1, -0.05) is 16.8 Å². The summed E-state index contributed by atoms with van der Waals surface area (Å²) in [5.74, 6) is -0.456. The standard InChI is InChI=1S/C17H10ClF3N2O3/c18-13-7-3-10(4-8-13)15-22-14(26-23-15)9-25-16(24)11-1-5-12(6-2-11)17(19,20)21/h1-8H,9H2. The summed E-state index contributed by atoms with van der Waals surface area (Å²) in [4.78, 5) is 16.0. The molecule has 0 saturated carbocycles. The van der Waals surface area contributed by atoms with Crippen molar-refractivity contribution in [2.45, 2.75) is 12.8 Å². The Hall–Kier alpha value is -2.87. The molecule has 1 aromatic heterocycles. The van der Waals surface area contributed by atoms with Crippen LogP contribution in [0.2, 0.25) is 5.02 Å². The van der Waals surface area contributed by atoms with Crippen molar-refractivity contribution in [2.24, 2.45) is 0 Å². The lowest BCUT2D eigenvalue weighted by molar-refractivity contribution is -0.137. The van der Waals surface area contributed by atoms with Crippen molar-refractivity contribution in [3.05, 3.63) is 70.6 Å². The number of alkyl halides is 3. The minimum atomic E-state index is -4.47. The van der Waals surface area contributed by atoms with Crippen molar-refractivity contribution in [1.29, 1.82) is 0 Å². The Labute approximate surface area is 150 Å². The molecule has 1 heterocycles. The molecule has 134 valence electrons.